The summed E-state index contributed by atoms with van der Waals surface area (Å²) in [6, 6.07) is 13.8. The summed E-state index contributed by atoms with van der Waals surface area (Å²) in [7, 11) is 1.58. The summed E-state index contributed by atoms with van der Waals surface area (Å²) in [4.78, 5) is 38.1. The van der Waals surface area contributed by atoms with Crippen LogP contribution in [0.3, 0.4) is 0 Å². The number of ether oxygens (including phenoxy) is 1. The molecule has 1 aliphatic heterocycles. The maximum atomic E-state index is 12.1. The predicted octanol–water partition coefficient (Wildman–Crippen LogP) is 3.75. The van der Waals surface area contributed by atoms with Crippen LogP contribution >= 0.6 is 11.6 Å². The Balaban J connectivity index is 1.46. The molecule has 0 atom stereocenters. The second-order valence-corrected chi connectivity index (χ2v) is 6.80. The highest BCUT2D eigenvalue weighted by Crippen LogP contribution is 2.29. The summed E-state index contributed by atoms with van der Waals surface area (Å²) in [5.41, 5.74) is 0.629. The lowest BCUT2D eigenvalue weighted by atomic mass is 10.2. The Morgan fingerprint density at radius 1 is 1.14 bits per heavy atom. The van der Waals surface area contributed by atoms with Crippen LogP contribution in [0.5, 0.6) is 11.5 Å². The molecule has 0 aromatic heterocycles. The number of anilines is 1. The number of likely N-dealkylation sites (N-methyl/N-ethyl adjacent to an activating group) is 1. The zero-order chi connectivity index (χ0) is 20.1. The fourth-order valence-electron chi connectivity index (χ4n) is 2.77. The van der Waals surface area contributed by atoms with Crippen LogP contribution in [0.15, 0.2) is 48.5 Å². The lowest BCUT2D eigenvalue weighted by molar-refractivity contribution is -0.125. The van der Waals surface area contributed by atoms with Crippen LogP contribution in [0.25, 0.3) is 0 Å². The topological polar surface area (TPSA) is 79.0 Å². The largest absolute Gasteiger partial charge is 0.456 e. The molecule has 8 heteroatoms. The molecule has 0 spiro atoms. The van der Waals surface area contributed by atoms with Crippen molar-refractivity contribution in [3.8, 4) is 11.5 Å². The fraction of sp³-hybridized carbons (Fsp3) is 0.250. The number of imide groups is 1. The molecule has 1 fully saturated rings. The third-order valence-corrected chi connectivity index (χ3v) is 4.53. The van der Waals surface area contributed by atoms with E-state index >= 15 is 0 Å². The van der Waals surface area contributed by atoms with Gasteiger partial charge in [0.1, 0.15) is 18.0 Å². The van der Waals surface area contributed by atoms with Gasteiger partial charge in [0.2, 0.25) is 11.8 Å². The number of nitrogens with zero attached hydrogens (tertiary/aromatic N) is 2. The molecule has 0 bridgehead atoms. The second-order valence-electron chi connectivity index (χ2n) is 6.39. The first-order chi connectivity index (χ1) is 13.4. The fourth-order valence-corrected chi connectivity index (χ4v) is 2.95. The first-order valence-electron chi connectivity index (χ1n) is 8.82. The van der Waals surface area contributed by atoms with Gasteiger partial charge in [-0.2, -0.15) is 0 Å². The third kappa shape index (κ3) is 4.80. The summed E-state index contributed by atoms with van der Waals surface area (Å²) in [5, 5.41) is 3.30. The van der Waals surface area contributed by atoms with E-state index in [4.69, 9.17) is 16.3 Å². The number of para-hydroxylation sites is 1. The van der Waals surface area contributed by atoms with E-state index < -0.39 is 0 Å². The molecular formula is C20H20ClN3O4. The number of carbonyl (C=O) groups is 3. The first-order valence-corrected chi connectivity index (χ1v) is 9.19. The van der Waals surface area contributed by atoms with E-state index in [1.54, 1.807) is 43.4 Å². The number of hydrogen-bond acceptors (Lipinski definition) is 4. The Morgan fingerprint density at radius 3 is 2.50 bits per heavy atom. The molecule has 146 valence electrons. The molecule has 1 N–H and O–H groups in total. The molecule has 0 unspecified atom stereocenters. The first kappa shape index (κ1) is 19.7. The lowest BCUT2D eigenvalue weighted by Gasteiger charge is -2.13. The third-order valence-electron chi connectivity index (χ3n) is 4.22. The molecule has 1 saturated heterocycles. The summed E-state index contributed by atoms with van der Waals surface area (Å²) in [6.45, 7) is 0.327. The van der Waals surface area contributed by atoms with E-state index in [9.17, 15) is 14.4 Å². The van der Waals surface area contributed by atoms with E-state index in [1.165, 1.54) is 9.80 Å². The molecule has 0 radical (unpaired) electrons. The Bertz CT molecular complexity index is 885. The molecule has 1 heterocycles. The Hall–Kier alpha value is -3.06. The molecule has 2 aromatic rings. The van der Waals surface area contributed by atoms with Crippen molar-refractivity contribution in [2.45, 2.75) is 12.8 Å². The van der Waals surface area contributed by atoms with Crippen LogP contribution in [0, 0.1) is 0 Å². The number of nitrogens with one attached hydrogen (secondary N) is 1. The second kappa shape index (κ2) is 8.75. The maximum absolute atomic E-state index is 12.1. The van der Waals surface area contributed by atoms with Crippen molar-refractivity contribution in [1.82, 2.24) is 9.80 Å². The summed E-state index contributed by atoms with van der Waals surface area (Å²) in [5.74, 6) is 0.730. The van der Waals surface area contributed by atoms with E-state index in [0.29, 0.717) is 28.6 Å². The smallest absolute Gasteiger partial charge is 0.326 e. The van der Waals surface area contributed by atoms with E-state index in [-0.39, 0.29) is 37.4 Å². The van der Waals surface area contributed by atoms with Crippen molar-refractivity contribution >= 4 is 35.1 Å². The highest BCUT2D eigenvalue weighted by atomic mass is 35.5. The van der Waals surface area contributed by atoms with Gasteiger partial charge in [0.25, 0.3) is 0 Å². The van der Waals surface area contributed by atoms with Gasteiger partial charge in [-0.25, -0.2) is 4.79 Å². The van der Waals surface area contributed by atoms with Crippen LogP contribution in [0.2, 0.25) is 5.02 Å². The number of hydrogen-bond donors (Lipinski definition) is 1. The quantitative estimate of drug-likeness (QED) is 0.717. The van der Waals surface area contributed by atoms with Gasteiger partial charge < -0.3 is 15.0 Å². The zero-order valence-electron chi connectivity index (χ0n) is 15.4. The maximum Gasteiger partial charge on any atom is 0.326 e. The zero-order valence-corrected chi connectivity index (χ0v) is 16.1. The van der Waals surface area contributed by atoms with Crippen molar-refractivity contribution in [3.05, 3.63) is 53.6 Å². The van der Waals surface area contributed by atoms with Crippen LogP contribution < -0.4 is 10.1 Å². The van der Waals surface area contributed by atoms with Crippen molar-refractivity contribution in [3.63, 3.8) is 0 Å². The molecular weight excluding hydrogens is 382 g/mol. The predicted molar refractivity (Wildman–Crippen MR) is 106 cm³/mol. The highest BCUT2D eigenvalue weighted by molar-refractivity contribution is 6.32. The van der Waals surface area contributed by atoms with Gasteiger partial charge in [-0.05, 0) is 42.8 Å². The van der Waals surface area contributed by atoms with Gasteiger partial charge in [0.05, 0.1) is 5.02 Å². The standard InChI is InChI=1S/C20H20ClN3O4/c1-23-13-19(26)24(20(23)27)12-4-7-18(25)22-14-8-10-15(11-9-14)28-17-6-3-2-5-16(17)21/h2-3,5-6,8-11H,4,7,12-13H2,1H3,(H,22,25). The van der Waals surface area contributed by atoms with E-state index in [2.05, 4.69) is 5.32 Å². The van der Waals surface area contributed by atoms with Gasteiger partial charge in [0, 0.05) is 25.7 Å². The summed E-state index contributed by atoms with van der Waals surface area (Å²) >= 11 is 6.07. The molecule has 4 amide bonds. The van der Waals surface area contributed by atoms with Gasteiger partial charge >= 0.3 is 6.03 Å². The lowest BCUT2D eigenvalue weighted by Crippen LogP contribution is -2.32. The van der Waals surface area contributed by atoms with Crippen molar-refractivity contribution in [1.29, 1.82) is 0 Å². The number of halogens is 1. The van der Waals surface area contributed by atoms with Crippen LogP contribution in [0.4, 0.5) is 10.5 Å². The summed E-state index contributed by atoms with van der Waals surface area (Å²) < 4.78 is 5.70. The molecule has 28 heavy (non-hydrogen) atoms. The van der Waals surface area contributed by atoms with Gasteiger partial charge in [-0.1, -0.05) is 23.7 Å². The Morgan fingerprint density at radius 2 is 1.86 bits per heavy atom. The molecule has 2 aromatic carbocycles. The number of rotatable bonds is 7. The number of amides is 4. The molecule has 7 nitrogen and oxygen atoms in total. The van der Waals surface area contributed by atoms with Gasteiger partial charge in [-0.15, -0.1) is 0 Å². The SMILES string of the molecule is CN1CC(=O)N(CCCC(=O)Nc2ccc(Oc3ccccc3Cl)cc2)C1=O. The minimum Gasteiger partial charge on any atom is -0.456 e. The minimum absolute atomic E-state index is 0.0909. The van der Waals surface area contributed by atoms with Crippen LogP contribution in [-0.4, -0.2) is 47.8 Å². The van der Waals surface area contributed by atoms with Crippen molar-refractivity contribution in [2.24, 2.45) is 0 Å². The molecule has 0 saturated carbocycles. The summed E-state index contributed by atoms with van der Waals surface area (Å²) in [6.07, 6.45) is 0.615. The Kier molecular flexibility index (Phi) is 6.16. The van der Waals surface area contributed by atoms with Crippen molar-refractivity contribution in [2.75, 3.05) is 25.5 Å². The highest BCUT2D eigenvalue weighted by Gasteiger charge is 2.32. The van der Waals surface area contributed by atoms with Gasteiger partial charge in [0.15, 0.2) is 0 Å². The van der Waals surface area contributed by atoms with Gasteiger partial charge in [-0.3, -0.25) is 14.5 Å². The number of urea groups is 1. The van der Waals surface area contributed by atoms with Crippen molar-refractivity contribution < 1.29 is 19.1 Å². The number of carbonyl (C=O) groups excluding carboxylic acids is 3. The average Bonchev–Trinajstić information content (AvgIpc) is 2.91. The molecule has 0 aliphatic carbocycles. The number of benzene rings is 2. The normalized spacial score (nSPS) is 13.8. The minimum atomic E-state index is -0.320. The monoisotopic (exact) mass is 401 g/mol. The van der Waals surface area contributed by atoms with E-state index in [1.807, 2.05) is 12.1 Å². The molecule has 1 aliphatic rings. The molecule has 3 rings (SSSR count). The van der Waals surface area contributed by atoms with Crippen LogP contribution in [0.1, 0.15) is 12.8 Å². The van der Waals surface area contributed by atoms with E-state index in [0.717, 1.165) is 0 Å². The average molecular weight is 402 g/mol. The van der Waals surface area contributed by atoms with Crippen LogP contribution in [-0.2, 0) is 9.59 Å². The Labute approximate surface area is 167 Å².